The van der Waals surface area contributed by atoms with E-state index in [-0.39, 0.29) is 11.9 Å². The van der Waals surface area contributed by atoms with Gasteiger partial charge in [0.25, 0.3) is 0 Å². The summed E-state index contributed by atoms with van der Waals surface area (Å²) < 4.78 is 0. The predicted molar refractivity (Wildman–Crippen MR) is 112 cm³/mol. The van der Waals surface area contributed by atoms with Crippen molar-refractivity contribution in [2.45, 2.75) is 13.0 Å². The number of hydrogen-bond acceptors (Lipinski definition) is 4. The molecule has 152 valence electrons. The summed E-state index contributed by atoms with van der Waals surface area (Å²) >= 11 is 0. The third kappa shape index (κ3) is 5.25. The van der Waals surface area contributed by atoms with Crippen LogP contribution in [0.25, 0.3) is 0 Å². The number of rotatable bonds is 5. The van der Waals surface area contributed by atoms with E-state index in [2.05, 4.69) is 27.7 Å². The van der Waals surface area contributed by atoms with Crippen LogP contribution >= 0.6 is 0 Å². The van der Waals surface area contributed by atoms with Gasteiger partial charge in [0.1, 0.15) is 6.04 Å². The van der Waals surface area contributed by atoms with Gasteiger partial charge in [0, 0.05) is 43.1 Å². The van der Waals surface area contributed by atoms with Crippen LogP contribution in [0.4, 0.5) is 16.2 Å². The second-order valence-corrected chi connectivity index (χ2v) is 6.91. The van der Waals surface area contributed by atoms with E-state index in [1.54, 1.807) is 24.0 Å². The number of nitrogens with two attached hydrogens (primary N) is 1. The van der Waals surface area contributed by atoms with Crippen molar-refractivity contribution in [2.75, 3.05) is 36.4 Å². The SMILES string of the molecule is C[C@H](NC(=O)N1CCN(c2ccccc2)CC1)C(=O)Nc1ccc(C(N)=O)cc1. The summed E-state index contributed by atoms with van der Waals surface area (Å²) in [6.07, 6.45) is 0. The van der Waals surface area contributed by atoms with Gasteiger partial charge >= 0.3 is 6.03 Å². The van der Waals surface area contributed by atoms with Crippen molar-refractivity contribution in [3.63, 3.8) is 0 Å². The average Bonchev–Trinajstić information content (AvgIpc) is 2.74. The first kappa shape index (κ1) is 20.2. The van der Waals surface area contributed by atoms with Crippen LogP contribution in [0.15, 0.2) is 54.6 Å². The van der Waals surface area contributed by atoms with Gasteiger partial charge in [0.15, 0.2) is 0 Å². The number of piperazine rings is 1. The van der Waals surface area contributed by atoms with E-state index < -0.39 is 11.9 Å². The van der Waals surface area contributed by atoms with Crippen molar-refractivity contribution in [2.24, 2.45) is 5.73 Å². The first-order valence-corrected chi connectivity index (χ1v) is 9.50. The maximum Gasteiger partial charge on any atom is 0.318 e. The van der Waals surface area contributed by atoms with Gasteiger partial charge in [0.2, 0.25) is 11.8 Å². The molecule has 1 fully saturated rings. The summed E-state index contributed by atoms with van der Waals surface area (Å²) in [4.78, 5) is 39.9. The molecule has 0 bridgehead atoms. The molecule has 0 aliphatic carbocycles. The zero-order valence-electron chi connectivity index (χ0n) is 16.3. The van der Waals surface area contributed by atoms with E-state index in [4.69, 9.17) is 5.73 Å². The maximum atomic E-state index is 12.5. The van der Waals surface area contributed by atoms with Crippen molar-refractivity contribution >= 4 is 29.2 Å². The minimum Gasteiger partial charge on any atom is -0.368 e. The predicted octanol–water partition coefficient (Wildman–Crippen LogP) is 1.64. The number of nitrogens with zero attached hydrogens (tertiary/aromatic N) is 2. The Kier molecular flexibility index (Phi) is 6.33. The van der Waals surface area contributed by atoms with Crippen LogP contribution in [0, 0.1) is 0 Å². The fourth-order valence-corrected chi connectivity index (χ4v) is 3.12. The van der Waals surface area contributed by atoms with E-state index in [9.17, 15) is 14.4 Å². The molecule has 2 aromatic rings. The third-order valence-electron chi connectivity index (χ3n) is 4.86. The number of primary amides is 1. The molecule has 8 heteroatoms. The second-order valence-electron chi connectivity index (χ2n) is 6.91. The Morgan fingerprint density at radius 1 is 0.931 bits per heavy atom. The van der Waals surface area contributed by atoms with E-state index in [1.807, 2.05) is 18.2 Å². The highest BCUT2D eigenvalue weighted by Gasteiger charge is 2.24. The molecule has 0 spiro atoms. The summed E-state index contributed by atoms with van der Waals surface area (Å²) in [5.41, 5.74) is 7.23. The molecule has 29 heavy (non-hydrogen) atoms. The molecule has 8 nitrogen and oxygen atoms in total. The average molecular weight is 395 g/mol. The first-order valence-electron chi connectivity index (χ1n) is 9.50. The molecule has 1 atom stereocenters. The minimum absolute atomic E-state index is 0.260. The number of carbonyl (C=O) groups excluding carboxylic acids is 3. The lowest BCUT2D eigenvalue weighted by atomic mass is 10.2. The van der Waals surface area contributed by atoms with E-state index in [0.29, 0.717) is 24.3 Å². The van der Waals surface area contributed by atoms with Crippen LogP contribution in [0.3, 0.4) is 0 Å². The number of anilines is 2. The molecule has 1 aliphatic rings. The standard InChI is InChI=1S/C21H25N5O3/c1-15(20(28)24-17-9-7-16(8-10-17)19(22)27)23-21(29)26-13-11-25(12-14-26)18-5-3-2-4-6-18/h2-10,15H,11-14H2,1H3,(H2,22,27)(H,23,29)(H,24,28)/t15-/m0/s1. The Labute approximate surface area is 169 Å². The van der Waals surface area contributed by atoms with Crippen LogP contribution in [-0.4, -0.2) is 55.0 Å². The lowest BCUT2D eigenvalue weighted by Gasteiger charge is -2.36. The normalized spacial score (nSPS) is 14.8. The monoisotopic (exact) mass is 395 g/mol. The summed E-state index contributed by atoms with van der Waals surface area (Å²) in [6.45, 7) is 4.28. The van der Waals surface area contributed by atoms with Gasteiger partial charge in [-0.05, 0) is 43.3 Å². The largest absolute Gasteiger partial charge is 0.368 e. The number of para-hydroxylation sites is 1. The van der Waals surface area contributed by atoms with Gasteiger partial charge in [0.05, 0.1) is 0 Å². The topological polar surface area (TPSA) is 108 Å². The molecule has 3 rings (SSSR count). The first-order chi connectivity index (χ1) is 13.9. The van der Waals surface area contributed by atoms with E-state index in [0.717, 1.165) is 18.8 Å². The number of urea groups is 1. The van der Waals surface area contributed by atoms with Gasteiger partial charge in [-0.25, -0.2) is 4.79 Å². The van der Waals surface area contributed by atoms with Gasteiger partial charge in [-0.2, -0.15) is 0 Å². The minimum atomic E-state index is -0.703. The molecule has 2 aromatic carbocycles. The number of hydrogen-bond donors (Lipinski definition) is 3. The molecular weight excluding hydrogens is 370 g/mol. The Morgan fingerprint density at radius 2 is 1.55 bits per heavy atom. The van der Waals surface area contributed by atoms with Crippen molar-refractivity contribution < 1.29 is 14.4 Å². The molecule has 0 aromatic heterocycles. The second kappa shape index (κ2) is 9.09. The van der Waals surface area contributed by atoms with Crippen LogP contribution < -0.4 is 21.3 Å². The third-order valence-corrected chi connectivity index (χ3v) is 4.86. The fraction of sp³-hybridized carbons (Fsp3) is 0.286. The summed E-state index contributed by atoms with van der Waals surface area (Å²) in [5.74, 6) is -0.871. The summed E-state index contributed by atoms with van der Waals surface area (Å²) in [5, 5.41) is 5.45. The van der Waals surface area contributed by atoms with Gasteiger partial charge < -0.3 is 26.2 Å². The Bertz CT molecular complexity index is 862. The summed E-state index contributed by atoms with van der Waals surface area (Å²) in [7, 11) is 0. The highest BCUT2D eigenvalue weighted by molar-refractivity contribution is 5.97. The Morgan fingerprint density at radius 3 is 2.14 bits per heavy atom. The molecule has 4 N–H and O–H groups in total. The lowest BCUT2D eigenvalue weighted by Crippen LogP contribution is -2.54. The Hall–Kier alpha value is -3.55. The number of carbonyl (C=O) groups is 3. The molecule has 4 amide bonds. The van der Waals surface area contributed by atoms with Gasteiger partial charge in [-0.3, -0.25) is 9.59 Å². The number of benzene rings is 2. The number of amides is 4. The van der Waals surface area contributed by atoms with Gasteiger partial charge in [-0.15, -0.1) is 0 Å². The lowest BCUT2D eigenvalue weighted by molar-refractivity contribution is -0.117. The van der Waals surface area contributed by atoms with E-state index in [1.165, 1.54) is 12.1 Å². The highest BCUT2D eigenvalue weighted by Crippen LogP contribution is 2.15. The molecule has 1 heterocycles. The molecule has 0 unspecified atom stereocenters. The van der Waals surface area contributed by atoms with Crippen LogP contribution in [0.1, 0.15) is 17.3 Å². The van der Waals surface area contributed by atoms with E-state index >= 15 is 0 Å². The number of nitrogens with one attached hydrogen (secondary N) is 2. The van der Waals surface area contributed by atoms with Gasteiger partial charge in [-0.1, -0.05) is 18.2 Å². The molecule has 1 saturated heterocycles. The van der Waals surface area contributed by atoms with Crippen LogP contribution in [0.5, 0.6) is 0 Å². The zero-order valence-corrected chi connectivity index (χ0v) is 16.3. The quantitative estimate of drug-likeness (QED) is 0.715. The van der Waals surface area contributed by atoms with Crippen molar-refractivity contribution in [3.8, 4) is 0 Å². The highest BCUT2D eigenvalue weighted by atomic mass is 16.2. The molecule has 0 saturated carbocycles. The smallest absolute Gasteiger partial charge is 0.318 e. The summed E-state index contributed by atoms with van der Waals surface area (Å²) in [6, 6.07) is 15.4. The molecule has 0 radical (unpaired) electrons. The van der Waals surface area contributed by atoms with Crippen LogP contribution in [-0.2, 0) is 4.79 Å². The Balaban J connectivity index is 1.47. The fourth-order valence-electron chi connectivity index (χ4n) is 3.12. The van der Waals surface area contributed by atoms with Crippen molar-refractivity contribution in [3.05, 3.63) is 60.2 Å². The zero-order chi connectivity index (χ0) is 20.8. The van der Waals surface area contributed by atoms with Crippen molar-refractivity contribution in [1.82, 2.24) is 10.2 Å². The van der Waals surface area contributed by atoms with Crippen molar-refractivity contribution in [1.29, 1.82) is 0 Å². The maximum absolute atomic E-state index is 12.5. The van der Waals surface area contributed by atoms with Crippen LogP contribution in [0.2, 0.25) is 0 Å². The molecule has 1 aliphatic heterocycles. The molecular formula is C21H25N5O3.